The fraction of sp³-hybridized carbons (Fsp3) is 0.538. The number of halogens is 1. The second kappa shape index (κ2) is 5.38. The Morgan fingerprint density at radius 1 is 1.41 bits per heavy atom. The van der Waals surface area contributed by atoms with Crippen molar-refractivity contribution in [3.63, 3.8) is 0 Å². The highest BCUT2D eigenvalue weighted by Gasteiger charge is 2.25. The van der Waals surface area contributed by atoms with Gasteiger partial charge in [-0.05, 0) is 47.6 Å². The van der Waals surface area contributed by atoms with Crippen LogP contribution in [0.4, 0.5) is 5.69 Å². The van der Waals surface area contributed by atoms with Crippen LogP contribution in [0.2, 0.25) is 0 Å². The van der Waals surface area contributed by atoms with Crippen molar-refractivity contribution in [3.05, 3.63) is 28.2 Å². The molecule has 3 nitrogen and oxygen atoms in total. The predicted molar refractivity (Wildman–Crippen MR) is 76.6 cm³/mol. The molecule has 0 amide bonds. The Labute approximate surface area is 112 Å². The number of rotatable bonds is 2. The van der Waals surface area contributed by atoms with Crippen molar-refractivity contribution >= 4 is 21.6 Å². The van der Waals surface area contributed by atoms with E-state index in [0.717, 1.165) is 19.6 Å². The van der Waals surface area contributed by atoms with E-state index in [-0.39, 0.29) is 0 Å². The summed E-state index contributed by atoms with van der Waals surface area (Å²) in [6, 6.07) is 6.92. The molecular formula is C13H20BrN3. The number of benzene rings is 1. The van der Waals surface area contributed by atoms with E-state index >= 15 is 0 Å². The van der Waals surface area contributed by atoms with Gasteiger partial charge in [0.25, 0.3) is 0 Å². The van der Waals surface area contributed by atoms with Gasteiger partial charge in [-0.3, -0.25) is 0 Å². The fourth-order valence-corrected chi connectivity index (χ4v) is 3.10. The molecule has 1 unspecified atom stereocenters. The number of nitrogens with zero attached hydrogens (tertiary/aromatic N) is 2. The first-order chi connectivity index (χ1) is 8.11. The third kappa shape index (κ3) is 2.81. The second-order valence-corrected chi connectivity index (χ2v) is 5.65. The molecule has 0 radical (unpaired) electrons. The van der Waals surface area contributed by atoms with Crippen molar-refractivity contribution in [2.24, 2.45) is 5.73 Å². The molecule has 94 valence electrons. The van der Waals surface area contributed by atoms with Crippen LogP contribution in [0.1, 0.15) is 5.56 Å². The zero-order chi connectivity index (χ0) is 12.4. The monoisotopic (exact) mass is 297 g/mol. The third-order valence-corrected chi connectivity index (χ3v) is 4.01. The van der Waals surface area contributed by atoms with Crippen LogP contribution in [0.5, 0.6) is 0 Å². The summed E-state index contributed by atoms with van der Waals surface area (Å²) < 4.78 is 1.17. The van der Waals surface area contributed by atoms with Gasteiger partial charge >= 0.3 is 0 Å². The topological polar surface area (TPSA) is 32.5 Å². The normalized spacial score (nSPS) is 21.9. The molecule has 1 atom stereocenters. The van der Waals surface area contributed by atoms with Crippen molar-refractivity contribution in [2.45, 2.75) is 13.0 Å². The lowest BCUT2D eigenvalue weighted by molar-refractivity contribution is 0.269. The van der Waals surface area contributed by atoms with Crippen LogP contribution >= 0.6 is 15.9 Å². The van der Waals surface area contributed by atoms with Gasteiger partial charge in [0.1, 0.15) is 0 Å². The van der Waals surface area contributed by atoms with E-state index in [2.05, 4.69) is 57.9 Å². The van der Waals surface area contributed by atoms with Gasteiger partial charge in [0, 0.05) is 30.7 Å². The molecular weight excluding hydrogens is 278 g/mol. The zero-order valence-corrected chi connectivity index (χ0v) is 12.1. The van der Waals surface area contributed by atoms with Gasteiger partial charge in [0.2, 0.25) is 0 Å². The van der Waals surface area contributed by atoms with E-state index in [1.807, 2.05) is 0 Å². The van der Waals surface area contributed by atoms with Crippen LogP contribution in [0, 0.1) is 6.92 Å². The molecule has 1 aromatic rings. The molecule has 1 fully saturated rings. The Bertz CT molecular complexity index is 394. The molecule has 0 aliphatic carbocycles. The molecule has 0 spiro atoms. The van der Waals surface area contributed by atoms with E-state index in [0.29, 0.717) is 12.6 Å². The summed E-state index contributed by atoms with van der Waals surface area (Å²) in [5.74, 6) is 0. The number of hydrogen-bond donors (Lipinski definition) is 1. The largest absolute Gasteiger partial charge is 0.364 e. The molecule has 2 rings (SSSR count). The molecule has 1 aliphatic heterocycles. The van der Waals surface area contributed by atoms with Crippen LogP contribution in [-0.4, -0.2) is 44.2 Å². The number of aryl methyl sites for hydroxylation is 1. The van der Waals surface area contributed by atoms with E-state index in [4.69, 9.17) is 5.73 Å². The van der Waals surface area contributed by atoms with Gasteiger partial charge in [-0.2, -0.15) is 0 Å². The van der Waals surface area contributed by atoms with Crippen molar-refractivity contribution in [3.8, 4) is 0 Å². The van der Waals surface area contributed by atoms with Crippen molar-refractivity contribution in [2.75, 3.05) is 38.1 Å². The number of anilines is 1. The molecule has 1 saturated heterocycles. The summed E-state index contributed by atoms with van der Waals surface area (Å²) in [5, 5.41) is 0. The maximum absolute atomic E-state index is 5.89. The van der Waals surface area contributed by atoms with Crippen LogP contribution in [-0.2, 0) is 0 Å². The van der Waals surface area contributed by atoms with Crippen LogP contribution in [0.3, 0.4) is 0 Å². The van der Waals surface area contributed by atoms with Crippen LogP contribution in [0.15, 0.2) is 22.7 Å². The summed E-state index contributed by atoms with van der Waals surface area (Å²) in [4.78, 5) is 4.76. The quantitative estimate of drug-likeness (QED) is 0.904. The van der Waals surface area contributed by atoms with Gasteiger partial charge < -0.3 is 15.5 Å². The van der Waals surface area contributed by atoms with Gasteiger partial charge in [-0.15, -0.1) is 0 Å². The first kappa shape index (κ1) is 12.9. The molecule has 1 aromatic carbocycles. The molecule has 1 aliphatic rings. The number of piperazine rings is 1. The van der Waals surface area contributed by atoms with E-state index in [1.165, 1.54) is 15.7 Å². The van der Waals surface area contributed by atoms with E-state index in [1.54, 1.807) is 0 Å². The summed E-state index contributed by atoms with van der Waals surface area (Å²) in [6.07, 6.45) is 0. The summed E-state index contributed by atoms with van der Waals surface area (Å²) >= 11 is 3.66. The average molecular weight is 298 g/mol. The first-order valence-electron chi connectivity index (χ1n) is 6.03. The molecule has 2 N–H and O–H groups in total. The zero-order valence-electron chi connectivity index (χ0n) is 10.5. The second-order valence-electron chi connectivity index (χ2n) is 4.80. The van der Waals surface area contributed by atoms with Gasteiger partial charge in [-0.25, -0.2) is 0 Å². The fourth-order valence-electron chi connectivity index (χ4n) is 2.37. The van der Waals surface area contributed by atoms with Crippen LogP contribution in [0.25, 0.3) is 0 Å². The highest BCUT2D eigenvalue weighted by Crippen LogP contribution is 2.29. The Morgan fingerprint density at radius 3 is 2.82 bits per heavy atom. The Hall–Kier alpha value is -0.580. The molecule has 17 heavy (non-hydrogen) atoms. The maximum Gasteiger partial charge on any atom is 0.0540 e. The van der Waals surface area contributed by atoms with Crippen molar-refractivity contribution < 1.29 is 0 Å². The molecule has 0 aromatic heterocycles. The summed E-state index contributed by atoms with van der Waals surface area (Å²) in [6.45, 7) is 5.98. The van der Waals surface area contributed by atoms with Crippen LogP contribution < -0.4 is 10.6 Å². The van der Waals surface area contributed by atoms with Crippen molar-refractivity contribution in [1.29, 1.82) is 0 Å². The minimum atomic E-state index is 0.410. The van der Waals surface area contributed by atoms with Gasteiger partial charge in [-0.1, -0.05) is 6.07 Å². The Kier molecular flexibility index (Phi) is 4.07. The third-order valence-electron chi connectivity index (χ3n) is 3.37. The smallest absolute Gasteiger partial charge is 0.0540 e. The number of hydrogen-bond acceptors (Lipinski definition) is 3. The first-order valence-corrected chi connectivity index (χ1v) is 6.82. The summed E-state index contributed by atoms with van der Waals surface area (Å²) in [5.41, 5.74) is 8.43. The summed E-state index contributed by atoms with van der Waals surface area (Å²) in [7, 11) is 2.16. The minimum absolute atomic E-state index is 0.410. The lowest BCUT2D eigenvalue weighted by Crippen LogP contribution is -2.55. The number of likely N-dealkylation sites (N-methyl/N-ethyl adjacent to an activating group) is 1. The minimum Gasteiger partial charge on any atom is -0.364 e. The standard InChI is InChI=1S/C13H20BrN3/c1-10-3-4-13(12(14)7-10)17-6-5-16(2)9-11(17)8-15/h3-4,7,11H,5-6,8-9,15H2,1-2H3. The Morgan fingerprint density at radius 2 is 2.18 bits per heavy atom. The lowest BCUT2D eigenvalue weighted by atomic mass is 10.1. The molecule has 0 bridgehead atoms. The average Bonchev–Trinajstić information content (AvgIpc) is 2.30. The van der Waals surface area contributed by atoms with Crippen molar-refractivity contribution in [1.82, 2.24) is 4.90 Å². The lowest BCUT2D eigenvalue weighted by Gasteiger charge is -2.41. The van der Waals surface area contributed by atoms with E-state index in [9.17, 15) is 0 Å². The molecule has 1 heterocycles. The predicted octanol–water partition coefficient (Wildman–Crippen LogP) is 1.84. The highest BCUT2D eigenvalue weighted by atomic mass is 79.9. The Balaban J connectivity index is 2.25. The SMILES string of the molecule is Cc1ccc(N2CCN(C)CC2CN)c(Br)c1. The van der Waals surface area contributed by atoms with Gasteiger partial charge in [0.05, 0.1) is 11.7 Å². The molecule has 0 saturated carbocycles. The molecule has 4 heteroatoms. The maximum atomic E-state index is 5.89. The van der Waals surface area contributed by atoms with Gasteiger partial charge in [0.15, 0.2) is 0 Å². The van der Waals surface area contributed by atoms with E-state index < -0.39 is 0 Å². The number of nitrogens with two attached hydrogens (primary N) is 1. The highest BCUT2D eigenvalue weighted by molar-refractivity contribution is 9.10.